The van der Waals surface area contributed by atoms with Crippen molar-refractivity contribution in [1.29, 1.82) is 0 Å². The molecule has 21 heavy (non-hydrogen) atoms. The van der Waals surface area contributed by atoms with Gasteiger partial charge in [-0.1, -0.05) is 44.2 Å². The lowest BCUT2D eigenvalue weighted by molar-refractivity contribution is 0.430. The Morgan fingerprint density at radius 1 is 1.29 bits per heavy atom. The van der Waals surface area contributed by atoms with Gasteiger partial charge in [-0.3, -0.25) is 0 Å². The quantitative estimate of drug-likeness (QED) is 0.617. The number of nitrogens with two attached hydrogens (primary N) is 1. The zero-order valence-corrected chi connectivity index (χ0v) is 13.3. The van der Waals surface area contributed by atoms with Crippen LogP contribution in [-0.4, -0.2) is 20.2 Å². The second-order valence-electron chi connectivity index (χ2n) is 5.38. The summed E-state index contributed by atoms with van der Waals surface area (Å²) < 4.78 is 1.84. The molecular weight excluding hydrogens is 286 g/mol. The molecule has 5 nitrogen and oxygen atoms in total. The monoisotopic (exact) mass is 307 g/mol. The molecule has 0 fully saturated rings. The van der Waals surface area contributed by atoms with Gasteiger partial charge in [0.25, 0.3) is 0 Å². The van der Waals surface area contributed by atoms with Gasteiger partial charge in [0, 0.05) is 11.3 Å². The molecule has 0 radical (unpaired) electrons. The molecule has 1 aromatic heterocycles. The number of benzene rings is 1. The van der Waals surface area contributed by atoms with Crippen LogP contribution in [0.3, 0.4) is 0 Å². The first-order chi connectivity index (χ1) is 10.1. The van der Waals surface area contributed by atoms with Gasteiger partial charge in [0.2, 0.25) is 0 Å². The van der Waals surface area contributed by atoms with Gasteiger partial charge in [0.15, 0.2) is 5.82 Å². The topological polar surface area (TPSA) is 69.6 Å². The summed E-state index contributed by atoms with van der Waals surface area (Å²) in [7, 11) is 0. The molecule has 0 spiro atoms. The molecule has 1 aromatic carbocycles. The lowest BCUT2D eigenvalue weighted by Gasteiger charge is -2.14. The van der Waals surface area contributed by atoms with Gasteiger partial charge in [-0.15, -0.1) is 5.10 Å². The Balaban J connectivity index is 2.16. The molecule has 1 unspecified atom stereocenters. The fourth-order valence-electron chi connectivity index (χ4n) is 2.37. The van der Waals surface area contributed by atoms with Crippen LogP contribution < -0.4 is 5.73 Å². The van der Waals surface area contributed by atoms with Crippen LogP contribution in [0.4, 0.5) is 5.69 Å². The predicted molar refractivity (Wildman–Crippen MR) is 86.1 cm³/mol. The smallest absolute Gasteiger partial charge is 0.183 e. The molecule has 2 rings (SSSR count). The van der Waals surface area contributed by atoms with Crippen LogP contribution in [0.1, 0.15) is 52.0 Å². The number of hydrogen-bond acceptors (Lipinski definition) is 4. The maximum absolute atomic E-state index is 6.25. The zero-order valence-electron chi connectivity index (χ0n) is 12.6. The molecule has 0 bridgehead atoms. The second kappa shape index (κ2) is 7.41. The summed E-state index contributed by atoms with van der Waals surface area (Å²) >= 11 is 6.25. The number of rotatable bonds is 7. The van der Waals surface area contributed by atoms with Crippen molar-refractivity contribution in [2.24, 2.45) is 0 Å². The van der Waals surface area contributed by atoms with Gasteiger partial charge in [-0.05, 0) is 42.0 Å². The fraction of sp³-hybridized carbons (Fsp3) is 0.533. The van der Waals surface area contributed by atoms with E-state index in [9.17, 15) is 0 Å². The van der Waals surface area contributed by atoms with E-state index in [1.807, 2.05) is 10.7 Å². The molecule has 0 aliphatic rings. The van der Waals surface area contributed by atoms with Crippen molar-refractivity contribution in [2.45, 2.75) is 52.0 Å². The van der Waals surface area contributed by atoms with E-state index < -0.39 is 0 Å². The molecule has 114 valence electrons. The highest BCUT2D eigenvalue weighted by molar-refractivity contribution is 6.33. The van der Waals surface area contributed by atoms with Crippen LogP contribution in [0.5, 0.6) is 0 Å². The highest BCUT2D eigenvalue weighted by Crippen LogP contribution is 2.30. The standard InChI is InChI=1S/C15H22ClN5/c1-3-4-5-6-7-11(2)21-15(18-19-20-21)13-10-12(17)8-9-14(13)16/h8-11H,3-7,17H2,1-2H3. The molecule has 2 N–H and O–H groups in total. The summed E-state index contributed by atoms with van der Waals surface area (Å²) in [4.78, 5) is 0. The Kier molecular flexibility index (Phi) is 5.56. The molecule has 1 atom stereocenters. The van der Waals surface area contributed by atoms with Crippen LogP contribution in [0.15, 0.2) is 18.2 Å². The van der Waals surface area contributed by atoms with Crippen LogP contribution in [0.2, 0.25) is 5.02 Å². The number of nitrogen functional groups attached to an aromatic ring is 1. The molecule has 0 aliphatic carbocycles. The Hall–Kier alpha value is -1.62. The van der Waals surface area contributed by atoms with Crippen molar-refractivity contribution in [2.75, 3.05) is 5.73 Å². The number of tetrazole rings is 1. The first kappa shape index (κ1) is 15.8. The Morgan fingerprint density at radius 3 is 2.86 bits per heavy atom. The van der Waals surface area contributed by atoms with Crippen molar-refractivity contribution in [3.8, 4) is 11.4 Å². The number of halogens is 1. The Morgan fingerprint density at radius 2 is 2.10 bits per heavy atom. The van der Waals surface area contributed by atoms with Crippen molar-refractivity contribution in [1.82, 2.24) is 20.2 Å². The van der Waals surface area contributed by atoms with E-state index in [1.54, 1.807) is 12.1 Å². The summed E-state index contributed by atoms with van der Waals surface area (Å²) in [5.41, 5.74) is 7.27. The summed E-state index contributed by atoms with van der Waals surface area (Å²) in [5.74, 6) is 0.676. The first-order valence-electron chi connectivity index (χ1n) is 7.46. The van der Waals surface area contributed by atoms with E-state index in [-0.39, 0.29) is 6.04 Å². The van der Waals surface area contributed by atoms with Gasteiger partial charge >= 0.3 is 0 Å². The number of nitrogens with zero attached hydrogens (tertiary/aromatic N) is 4. The third-order valence-corrected chi connectivity index (χ3v) is 3.95. The van der Waals surface area contributed by atoms with E-state index in [1.165, 1.54) is 25.7 Å². The maximum Gasteiger partial charge on any atom is 0.183 e. The molecule has 1 heterocycles. The molecular formula is C15H22ClN5. The Labute approximate surface area is 130 Å². The zero-order chi connectivity index (χ0) is 15.2. The maximum atomic E-state index is 6.25. The largest absolute Gasteiger partial charge is 0.399 e. The summed E-state index contributed by atoms with van der Waals surface area (Å²) in [6.07, 6.45) is 5.99. The minimum absolute atomic E-state index is 0.240. The van der Waals surface area contributed by atoms with E-state index in [0.29, 0.717) is 16.5 Å². The molecule has 0 saturated heterocycles. The average molecular weight is 308 g/mol. The number of hydrogen-bond donors (Lipinski definition) is 1. The van der Waals surface area contributed by atoms with Gasteiger partial charge in [-0.2, -0.15) is 0 Å². The number of unbranched alkanes of at least 4 members (excludes halogenated alkanes) is 3. The van der Waals surface area contributed by atoms with Crippen LogP contribution in [0, 0.1) is 0 Å². The van der Waals surface area contributed by atoms with Crippen molar-refractivity contribution in [3.63, 3.8) is 0 Å². The predicted octanol–water partition coefficient (Wildman–Crippen LogP) is 4.11. The molecule has 0 amide bonds. The van der Waals surface area contributed by atoms with E-state index in [4.69, 9.17) is 17.3 Å². The molecule has 0 saturated carbocycles. The lowest BCUT2D eigenvalue weighted by Crippen LogP contribution is -2.09. The van der Waals surface area contributed by atoms with Gasteiger partial charge in [0.1, 0.15) is 0 Å². The number of anilines is 1. The van der Waals surface area contributed by atoms with Crippen LogP contribution in [0.25, 0.3) is 11.4 Å². The van der Waals surface area contributed by atoms with Gasteiger partial charge in [-0.25, -0.2) is 4.68 Å². The van der Waals surface area contributed by atoms with E-state index >= 15 is 0 Å². The minimum Gasteiger partial charge on any atom is -0.399 e. The first-order valence-corrected chi connectivity index (χ1v) is 7.84. The van der Waals surface area contributed by atoms with Gasteiger partial charge in [0.05, 0.1) is 11.1 Å². The van der Waals surface area contributed by atoms with E-state index in [2.05, 4.69) is 29.4 Å². The number of aromatic nitrogens is 4. The van der Waals surface area contributed by atoms with Crippen LogP contribution in [-0.2, 0) is 0 Å². The summed E-state index contributed by atoms with van der Waals surface area (Å²) in [6, 6.07) is 5.60. The van der Waals surface area contributed by atoms with Crippen molar-refractivity contribution in [3.05, 3.63) is 23.2 Å². The SMILES string of the molecule is CCCCCCC(C)n1nnnc1-c1cc(N)ccc1Cl. The summed E-state index contributed by atoms with van der Waals surface area (Å²) in [6.45, 7) is 4.34. The Bertz CT molecular complexity index is 581. The average Bonchev–Trinajstić information content (AvgIpc) is 2.95. The van der Waals surface area contributed by atoms with Crippen LogP contribution >= 0.6 is 11.6 Å². The summed E-state index contributed by atoms with van der Waals surface area (Å²) in [5, 5.41) is 12.6. The molecule has 6 heteroatoms. The van der Waals surface area contributed by atoms with E-state index in [0.717, 1.165) is 12.0 Å². The van der Waals surface area contributed by atoms with Crippen molar-refractivity contribution >= 4 is 17.3 Å². The lowest BCUT2D eigenvalue weighted by atomic mass is 10.1. The minimum atomic E-state index is 0.240. The molecule has 0 aliphatic heterocycles. The van der Waals surface area contributed by atoms with Crippen molar-refractivity contribution < 1.29 is 0 Å². The third kappa shape index (κ3) is 3.94. The second-order valence-corrected chi connectivity index (χ2v) is 5.79. The van der Waals surface area contributed by atoms with Gasteiger partial charge < -0.3 is 5.73 Å². The molecule has 2 aromatic rings. The third-order valence-electron chi connectivity index (χ3n) is 3.62. The highest BCUT2D eigenvalue weighted by atomic mass is 35.5. The normalized spacial score (nSPS) is 12.5. The highest BCUT2D eigenvalue weighted by Gasteiger charge is 2.17. The fourth-order valence-corrected chi connectivity index (χ4v) is 2.57.